The Balaban J connectivity index is 4.46. The molecular weight excluding hydrogens is 1020 g/mol. The smallest absolute Gasteiger partial charge is 0.309 e. The van der Waals surface area contributed by atoms with E-state index in [1.165, 1.54) is 83.5 Å². The molecule has 464 valence electrons. The third kappa shape index (κ3) is 67.2. The van der Waals surface area contributed by atoms with Crippen LogP contribution in [0, 0.1) is 0 Å². The first-order valence-corrected chi connectivity index (χ1v) is 33.3. The highest BCUT2D eigenvalue weighted by Crippen LogP contribution is 2.14. The molecule has 0 fully saturated rings. The molecule has 0 bridgehead atoms. The van der Waals surface area contributed by atoms with Gasteiger partial charge in [-0.3, -0.25) is 14.4 Å². The lowest BCUT2D eigenvalue weighted by Gasteiger charge is -2.18. The number of allylic oxidation sites excluding steroid dienone is 29. The molecule has 0 aliphatic rings. The average Bonchev–Trinajstić information content (AvgIpc) is 3.49. The maximum absolute atomic E-state index is 12.9. The van der Waals surface area contributed by atoms with Gasteiger partial charge in [0.2, 0.25) is 0 Å². The van der Waals surface area contributed by atoms with E-state index in [2.05, 4.69) is 191 Å². The Morgan fingerprint density at radius 3 is 0.843 bits per heavy atom. The Kier molecular flexibility index (Phi) is 64.4. The van der Waals surface area contributed by atoms with Crippen molar-refractivity contribution in [3.05, 3.63) is 182 Å². The standard InChI is InChI=1S/C77H120O6/c1-4-7-10-13-16-19-22-25-28-30-32-33-34-35-36-37-38-39-40-41-42-43-45-46-49-52-55-58-61-64-67-70-76(79)82-73-74(72-81-75(78)69-66-63-60-57-54-51-48-27-24-21-18-15-12-9-6-3)83-77(80)71-68-65-62-59-56-53-50-47-44-31-29-26-23-20-17-14-11-8-5-2/h7,9-10,12,16-21,25-29,32-33,35-36,38-39,41-42,45-46,48,54,57,63,66,74H,4-6,8,11,13-15,22-24,30-31,34,37,40,43-44,47,49-53,55-56,58-62,64-65,67-73H2,1-3H3/b10-7-,12-9-,19-16-,20-17-,21-18-,28-25-,29-26-,33-32-,36-35-,39-38-,42-41-,46-45-,48-27-,57-54-,66-63-. The van der Waals surface area contributed by atoms with Gasteiger partial charge in [-0.2, -0.15) is 0 Å². The second kappa shape index (κ2) is 69.0. The summed E-state index contributed by atoms with van der Waals surface area (Å²) in [5, 5.41) is 0. The van der Waals surface area contributed by atoms with E-state index in [1.807, 2.05) is 6.08 Å². The minimum atomic E-state index is -0.838. The first-order chi connectivity index (χ1) is 41.0. The molecular formula is C77H120O6. The first kappa shape index (κ1) is 77.5. The van der Waals surface area contributed by atoms with Gasteiger partial charge < -0.3 is 14.2 Å². The number of esters is 3. The van der Waals surface area contributed by atoms with Crippen LogP contribution in [0.5, 0.6) is 0 Å². The normalized spacial score (nSPS) is 13.3. The molecule has 1 unspecified atom stereocenters. The molecule has 0 aromatic heterocycles. The SMILES string of the molecule is CC/C=C\C/C=C\C/C=C\C/C=C\C/C=C\C/C=C\C/C=C\C/C=C\CCCCCCCCC(=O)OCC(COC(=O)C/C=C\C/C=C\C/C=C\C/C=C\C/C=C\CC)OC(=O)CCCCCCCCCCC/C=C\C/C=C\CCCCC. The maximum atomic E-state index is 12.9. The summed E-state index contributed by atoms with van der Waals surface area (Å²) < 4.78 is 16.8. The zero-order valence-corrected chi connectivity index (χ0v) is 53.1. The first-order valence-electron chi connectivity index (χ1n) is 33.3. The molecule has 83 heavy (non-hydrogen) atoms. The average molecular weight is 1140 g/mol. The highest BCUT2D eigenvalue weighted by atomic mass is 16.6. The van der Waals surface area contributed by atoms with Crippen LogP contribution in [0.4, 0.5) is 0 Å². The summed E-state index contributed by atoms with van der Waals surface area (Å²) in [4.78, 5) is 38.3. The van der Waals surface area contributed by atoms with Gasteiger partial charge in [-0.15, -0.1) is 0 Å². The van der Waals surface area contributed by atoms with Gasteiger partial charge in [0.15, 0.2) is 6.10 Å². The van der Waals surface area contributed by atoms with Crippen molar-refractivity contribution in [2.24, 2.45) is 0 Å². The van der Waals surface area contributed by atoms with Gasteiger partial charge in [0.25, 0.3) is 0 Å². The van der Waals surface area contributed by atoms with E-state index in [1.54, 1.807) is 6.08 Å². The molecule has 0 spiro atoms. The summed E-state index contributed by atoms with van der Waals surface area (Å²) in [7, 11) is 0. The van der Waals surface area contributed by atoms with E-state index < -0.39 is 12.1 Å². The van der Waals surface area contributed by atoms with E-state index in [0.717, 1.165) is 141 Å². The van der Waals surface area contributed by atoms with Crippen LogP contribution < -0.4 is 0 Å². The van der Waals surface area contributed by atoms with Crippen molar-refractivity contribution in [3.8, 4) is 0 Å². The molecule has 0 N–H and O–H groups in total. The molecule has 0 aliphatic carbocycles. The summed E-state index contributed by atoms with van der Waals surface area (Å²) in [6.07, 6.45) is 104. The summed E-state index contributed by atoms with van der Waals surface area (Å²) in [6, 6.07) is 0. The second-order valence-corrected chi connectivity index (χ2v) is 21.3. The lowest BCUT2D eigenvalue weighted by atomic mass is 10.1. The fourth-order valence-corrected chi connectivity index (χ4v) is 8.50. The van der Waals surface area contributed by atoms with Crippen molar-refractivity contribution in [2.45, 2.75) is 271 Å². The fourth-order valence-electron chi connectivity index (χ4n) is 8.50. The van der Waals surface area contributed by atoms with Gasteiger partial charge >= 0.3 is 17.9 Å². The highest BCUT2D eigenvalue weighted by molar-refractivity contribution is 5.72. The quantitative estimate of drug-likeness (QED) is 0.0261. The molecule has 0 aromatic rings. The lowest BCUT2D eigenvalue weighted by molar-refractivity contribution is -0.166. The Morgan fingerprint density at radius 1 is 0.265 bits per heavy atom. The summed E-state index contributed by atoms with van der Waals surface area (Å²) >= 11 is 0. The molecule has 0 aromatic carbocycles. The number of unbranched alkanes of at least 4 members (excludes halogenated alkanes) is 18. The number of carbonyl (C=O) groups is 3. The zero-order valence-electron chi connectivity index (χ0n) is 53.1. The van der Waals surface area contributed by atoms with Gasteiger partial charge in [-0.25, -0.2) is 0 Å². The Hall–Kier alpha value is -5.49. The number of carbonyl (C=O) groups excluding carboxylic acids is 3. The van der Waals surface area contributed by atoms with Gasteiger partial charge in [0.1, 0.15) is 13.2 Å². The highest BCUT2D eigenvalue weighted by Gasteiger charge is 2.19. The van der Waals surface area contributed by atoms with Crippen LogP contribution in [0.15, 0.2) is 182 Å². The molecule has 0 saturated heterocycles. The van der Waals surface area contributed by atoms with Crippen molar-refractivity contribution >= 4 is 17.9 Å². The van der Waals surface area contributed by atoms with Crippen LogP contribution in [0.1, 0.15) is 265 Å². The molecule has 6 nitrogen and oxygen atoms in total. The largest absolute Gasteiger partial charge is 0.462 e. The summed E-state index contributed by atoms with van der Waals surface area (Å²) in [5.41, 5.74) is 0. The fraction of sp³-hybridized carbons (Fsp3) is 0.571. The van der Waals surface area contributed by atoms with Gasteiger partial charge in [-0.05, 0) is 141 Å². The third-order valence-corrected chi connectivity index (χ3v) is 13.4. The van der Waals surface area contributed by atoms with E-state index in [-0.39, 0.29) is 31.6 Å². The van der Waals surface area contributed by atoms with Crippen LogP contribution >= 0.6 is 0 Å². The van der Waals surface area contributed by atoms with Gasteiger partial charge in [0, 0.05) is 12.8 Å². The van der Waals surface area contributed by atoms with Gasteiger partial charge in [-0.1, -0.05) is 287 Å². The number of rotatable bonds is 58. The van der Waals surface area contributed by atoms with E-state index in [9.17, 15) is 14.4 Å². The summed E-state index contributed by atoms with van der Waals surface area (Å²) in [6.45, 7) is 6.28. The predicted octanol–water partition coefficient (Wildman–Crippen LogP) is 23.2. The van der Waals surface area contributed by atoms with E-state index in [0.29, 0.717) is 12.8 Å². The third-order valence-electron chi connectivity index (χ3n) is 13.4. The van der Waals surface area contributed by atoms with E-state index >= 15 is 0 Å². The van der Waals surface area contributed by atoms with Crippen LogP contribution in [0.3, 0.4) is 0 Å². The molecule has 0 aliphatic heterocycles. The van der Waals surface area contributed by atoms with Crippen molar-refractivity contribution in [2.75, 3.05) is 13.2 Å². The monoisotopic (exact) mass is 1140 g/mol. The number of hydrogen-bond acceptors (Lipinski definition) is 6. The molecule has 0 radical (unpaired) electrons. The second-order valence-electron chi connectivity index (χ2n) is 21.3. The van der Waals surface area contributed by atoms with Crippen molar-refractivity contribution in [3.63, 3.8) is 0 Å². The van der Waals surface area contributed by atoms with Crippen molar-refractivity contribution in [1.82, 2.24) is 0 Å². The van der Waals surface area contributed by atoms with Crippen LogP contribution in [0.2, 0.25) is 0 Å². The molecule has 0 rings (SSSR count). The molecule has 0 amide bonds. The number of hydrogen-bond donors (Lipinski definition) is 0. The molecule has 0 saturated carbocycles. The molecule has 6 heteroatoms. The zero-order chi connectivity index (χ0) is 59.9. The molecule has 0 heterocycles. The Bertz CT molecular complexity index is 1940. The lowest BCUT2D eigenvalue weighted by Crippen LogP contribution is -2.30. The predicted molar refractivity (Wildman–Crippen MR) is 361 cm³/mol. The van der Waals surface area contributed by atoms with Crippen LogP contribution in [-0.2, 0) is 28.6 Å². The topological polar surface area (TPSA) is 78.9 Å². The maximum Gasteiger partial charge on any atom is 0.309 e. The minimum absolute atomic E-state index is 0.115. The van der Waals surface area contributed by atoms with Crippen molar-refractivity contribution in [1.29, 1.82) is 0 Å². The van der Waals surface area contributed by atoms with Gasteiger partial charge in [0.05, 0.1) is 6.42 Å². The summed E-state index contributed by atoms with van der Waals surface area (Å²) in [5.74, 6) is -1.08. The molecule has 1 atom stereocenters. The number of ether oxygens (including phenoxy) is 3. The van der Waals surface area contributed by atoms with Crippen molar-refractivity contribution < 1.29 is 28.6 Å². The Labute approximate surface area is 510 Å². The van der Waals surface area contributed by atoms with Crippen LogP contribution in [-0.4, -0.2) is 37.2 Å². The minimum Gasteiger partial charge on any atom is -0.462 e. The van der Waals surface area contributed by atoms with E-state index in [4.69, 9.17) is 14.2 Å². The Morgan fingerprint density at radius 2 is 0.518 bits per heavy atom. The van der Waals surface area contributed by atoms with Crippen LogP contribution in [0.25, 0.3) is 0 Å².